The van der Waals surface area contributed by atoms with E-state index in [0.717, 1.165) is 0 Å². The number of hydrogen-bond donors (Lipinski definition) is 1. The summed E-state index contributed by atoms with van der Waals surface area (Å²) in [5, 5.41) is 7.73. The third-order valence-corrected chi connectivity index (χ3v) is 0.773. The molecule has 13 heavy (non-hydrogen) atoms. The van der Waals surface area contributed by atoms with Gasteiger partial charge < -0.3 is 5.11 Å². The van der Waals surface area contributed by atoms with E-state index in [2.05, 4.69) is 4.74 Å². The zero-order valence-corrected chi connectivity index (χ0v) is 5.61. The van der Waals surface area contributed by atoms with E-state index in [4.69, 9.17) is 5.11 Å². The number of carbonyl (C=O) groups is 1. The first-order chi connectivity index (χ1) is 5.54. The molecule has 78 valence electrons. The van der Waals surface area contributed by atoms with Crippen molar-refractivity contribution >= 4 is 5.97 Å². The molecule has 1 unspecified atom stereocenters. The summed E-state index contributed by atoms with van der Waals surface area (Å²) < 4.78 is 70.5. The van der Waals surface area contributed by atoms with E-state index < -0.39 is 24.6 Å². The van der Waals surface area contributed by atoms with E-state index in [9.17, 15) is 31.1 Å². The Morgan fingerprint density at radius 1 is 1.15 bits per heavy atom. The Labute approximate surface area is 66.9 Å². The average molecular weight is 212 g/mol. The van der Waals surface area contributed by atoms with E-state index in [0.29, 0.717) is 0 Å². The molecule has 0 aliphatic carbocycles. The highest BCUT2D eigenvalue weighted by molar-refractivity contribution is 5.73. The molecule has 0 rings (SSSR count). The molecule has 0 fully saturated rings. The summed E-state index contributed by atoms with van der Waals surface area (Å²) in [6, 6.07) is 0. The van der Waals surface area contributed by atoms with Crippen molar-refractivity contribution in [2.24, 2.45) is 0 Å². The number of hydrogen-bond acceptors (Lipinski definition) is 2. The normalized spacial score (nSPS) is 15.5. The summed E-state index contributed by atoms with van der Waals surface area (Å²) in [5.41, 5.74) is 0. The molecule has 0 aliphatic rings. The standard InChI is InChI=1S/C4H2F6O3/c5-3(6,7)1(2(11)12)13-4(8,9)10/h1H,(H,11,12). The van der Waals surface area contributed by atoms with Crippen LogP contribution >= 0.6 is 0 Å². The molecule has 0 aromatic rings. The lowest BCUT2D eigenvalue weighted by Crippen LogP contribution is -2.42. The number of alkyl halides is 6. The van der Waals surface area contributed by atoms with Crippen LogP contribution in [0.1, 0.15) is 0 Å². The molecule has 0 saturated heterocycles. The van der Waals surface area contributed by atoms with E-state index >= 15 is 0 Å². The van der Waals surface area contributed by atoms with Gasteiger partial charge in [0.15, 0.2) is 0 Å². The summed E-state index contributed by atoms with van der Waals surface area (Å²) in [6.07, 6.45) is -15.1. The maximum absolute atomic E-state index is 11.5. The van der Waals surface area contributed by atoms with Crippen LogP contribution in [0.15, 0.2) is 0 Å². The summed E-state index contributed by atoms with van der Waals surface area (Å²) in [7, 11) is 0. The number of carboxylic acid groups (broad SMARTS) is 1. The Morgan fingerprint density at radius 3 is 1.62 bits per heavy atom. The number of aliphatic carboxylic acids is 1. The van der Waals surface area contributed by atoms with Gasteiger partial charge in [-0.15, -0.1) is 13.2 Å². The molecular formula is C4H2F6O3. The van der Waals surface area contributed by atoms with Gasteiger partial charge in [0.1, 0.15) is 0 Å². The molecule has 0 spiro atoms. The van der Waals surface area contributed by atoms with Gasteiger partial charge in [-0.05, 0) is 0 Å². The Bertz CT molecular complexity index is 193. The third kappa shape index (κ3) is 4.55. The largest absolute Gasteiger partial charge is 0.523 e. The molecule has 0 saturated carbocycles. The van der Waals surface area contributed by atoms with Crippen molar-refractivity contribution in [3.8, 4) is 0 Å². The van der Waals surface area contributed by atoms with E-state index in [1.165, 1.54) is 0 Å². The Morgan fingerprint density at radius 2 is 1.54 bits per heavy atom. The number of ether oxygens (including phenoxy) is 1. The van der Waals surface area contributed by atoms with Gasteiger partial charge in [0.05, 0.1) is 0 Å². The topological polar surface area (TPSA) is 46.5 Å². The van der Waals surface area contributed by atoms with Crippen molar-refractivity contribution in [2.75, 3.05) is 0 Å². The first-order valence-electron chi connectivity index (χ1n) is 2.58. The molecule has 1 N–H and O–H groups in total. The van der Waals surface area contributed by atoms with Gasteiger partial charge in [-0.3, -0.25) is 4.74 Å². The summed E-state index contributed by atoms with van der Waals surface area (Å²) in [4.78, 5) is 9.68. The molecule has 0 aromatic carbocycles. The minimum atomic E-state index is -5.64. The molecule has 9 heteroatoms. The van der Waals surface area contributed by atoms with Crippen molar-refractivity contribution in [1.82, 2.24) is 0 Å². The van der Waals surface area contributed by atoms with Gasteiger partial charge in [0, 0.05) is 0 Å². The summed E-state index contributed by atoms with van der Waals surface area (Å²) in [5.74, 6) is -2.75. The number of rotatable bonds is 2. The fraction of sp³-hybridized carbons (Fsp3) is 0.750. The predicted molar refractivity (Wildman–Crippen MR) is 24.6 cm³/mol. The lowest BCUT2D eigenvalue weighted by molar-refractivity contribution is -0.373. The van der Waals surface area contributed by atoms with Gasteiger partial charge in [-0.1, -0.05) is 0 Å². The second-order valence-electron chi connectivity index (χ2n) is 1.82. The van der Waals surface area contributed by atoms with Crippen LogP contribution in [0.2, 0.25) is 0 Å². The maximum atomic E-state index is 11.5. The van der Waals surface area contributed by atoms with Crippen molar-refractivity contribution in [3.63, 3.8) is 0 Å². The van der Waals surface area contributed by atoms with Gasteiger partial charge in [-0.25, -0.2) is 4.79 Å². The van der Waals surface area contributed by atoms with Gasteiger partial charge in [0.25, 0.3) is 6.10 Å². The van der Waals surface area contributed by atoms with Crippen molar-refractivity contribution in [1.29, 1.82) is 0 Å². The Kier molecular flexibility index (Phi) is 3.14. The lowest BCUT2D eigenvalue weighted by Gasteiger charge is -2.17. The van der Waals surface area contributed by atoms with Crippen LogP contribution in [0.25, 0.3) is 0 Å². The van der Waals surface area contributed by atoms with Crippen LogP contribution in [0.4, 0.5) is 26.3 Å². The second-order valence-corrected chi connectivity index (χ2v) is 1.82. The zero-order valence-electron chi connectivity index (χ0n) is 5.61. The van der Waals surface area contributed by atoms with Crippen LogP contribution in [-0.4, -0.2) is 29.7 Å². The van der Waals surface area contributed by atoms with Gasteiger partial charge >= 0.3 is 18.5 Å². The van der Waals surface area contributed by atoms with Crippen molar-refractivity contribution in [3.05, 3.63) is 0 Å². The summed E-state index contributed by atoms with van der Waals surface area (Å²) >= 11 is 0. The zero-order chi connectivity index (χ0) is 10.9. The smallest absolute Gasteiger partial charge is 0.479 e. The minimum absolute atomic E-state index is 2.34. The highest BCUT2D eigenvalue weighted by atomic mass is 19.4. The molecule has 0 heterocycles. The van der Waals surface area contributed by atoms with Gasteiger partial charge in [0.2, 0.25) is 0 Å². The van der Waals surface area contributed by atoms with Crippen molar-refractivity contribution in [2.45, 2.75) is 18.6 Å². The summed E-state index contributed by atoms with van der Waals surface area (Å²) in [6.45, 7) is 0. The quantitative estimate of drug-likeness (QED) is 0.706. The monoisotopic (exact) mass is 212 g/mol. The van der Waals surface area contributed by atoms with E-state index in [-0.39, 0.29) is 0 Å². The van der Waals surface area contributed by atoms with Gasteiger partial charge in [-0.2, -0.15) is 13.2 Å². The molecule has 0 aromatic heterocycles. The molecule has 0 aliphatic heterocycles. The molecule has 0 amide bonds. The van der Waals surface area contributed by atoms with Crippen LogP contribution in [0.5, 0.6) is 0 Å². The van der Waals surface area contributed by atoms with Crippen molar-refractivity contribution < 1.29 is 41.0 Å². The van der Waals surface area contributed by atoms with E-state index in [1.807, 2.05) is 0 Å². The number of carboxylic acids is 1. The van der Waals surface area contributed by atoms with Crippen LogP contribution in [0, 0.1) is 0 Å². The molecule has 0 radical (unpaired) electrons. The second kappa shape index (κ2) is 3.40. The highest BCUT2D eigenvalue weighted by Gasteiger charge is 2.52. The SMILES string of the molecule is O=C(O)C(OC(F)(F)F)C(F)(F)F. The first-order valence-corrected chi connectivity index (χ1v) is 2.58. The molecule has 0 bridgehead atoms. The molecule has 1 atom stereocenters. The fourth-order valence-corrected chi connectivity index (χ4v) is 0.391. The first kappa shape index (κ1) is 12.0. The number of halogens is 6. The average Bonchev–Trinajstić information content (AvgIpc) is 1.77. The van der Waals surface area contributed by atoms with E-state index in [1.54, 1.807) is 0 Å². The van der Waals surface area contributed by atoms with Crippen LogP contribution in [0.3, 0.4) is 0 Å². The lowest BCUT2D eigenvalue weighted by atomic mass is 10.3. The predicted octanol–water partition coefficient (Wildman–Crippen LogP) is 1.54. The Balaban J connectivity index is 4.56. The highest BCUT2D eigenvalue weighted by Crippen LogP contribution is 2.29. The van der Waals surface area contributed by atoms with Crippen LogP contribution in [-0.2, 0) is 9.53 Å². The Hall–Kier alpha value is -0.990. The molecule has 3 nitrogen and oxygen atoms in total. The maximum Gasteiger partial charge on any atom is 0.523 e. The minimum Gasteiger partial charge on any atom is -0.479 e. The fourth-order valence-electron chi connectivity index (χ4n) is 0.391. The van der Waals surface area contributed by atoms with Crippen LogP contribution < -0.4 is 0 Å². The third-order valence-electron chi connectivity index (χ3n) is 0.773. The molecular weight excluding hydrogens is 210 g/mol.